The quantitative estimate of drug-likeness (QED) is 0.543. The van der Waals surface area contributed by atoms with Crippen LogP contribution >= 0.6 is 0 Å². The molecule has 0 atom stereocenters. The normalized spacial score (nSPS) is 18.4. The number of unbranched alkanes of at least 4 members (excludes halogenated alkanes) is 2. The average Bonchev–Trinajstić information content (AvgIpc) is 2.43. The molecule has 0 spiro atoms. The minimum Gasteiger partial charge on any atom is -0.396 e. The maximum Gasteiger partial charge on any atom is 0.222 e. The van der Waals surface area contributed by atoms with E-state index in [-0.39, 0.29) is 24.5 Å². The summed E-state index contributed by atoms with van der Waals surface area (Å²) < 4.78 is 0. The number of piperidine rings is 1. The molecule has 0 aliphatic carbocycles. The number of hydrogen-bond donors (Lipinski definition) is 2. The maximum atomic E-state index is 11.9. The van der Waals surface area contributed by atoms with Gasteiger partial charge in [0.2, 0.25) is 5.91 Å². The molecule has 102 valence electrons. The fourth-order valence-electron chi connectivity index (χ4n) is 2.26. The van der Waals surface area contributed by atoms with Crippen molar-refractivity contribution in [1.29, 1.82) is 0 Å². The van der Waals surface area contributed by atoms with E-state index in [0.717, 1.165) is 19.3 Å². The lowest BCUT2D eigenvalue weighted by Gasteiger charge is -2.39. The van der Waals surface area contributed by atoms with Crippen molar-refractivity contribution in [1.82, 2.24) is 4.90 Å². The van der Waals surface area contributed by atoms with Crippen LogP contribution in [0, 0.1) is 17.8 Å². The highest BCUT2D eigenvalue weighted by molar-refractivity contribution is 5.76. The van der Waals surface area contributed by atoms with E-state index in [2.05, 4.69) is 5.92 Å². The summed E-state index contributed by atoms with van der Waals surface area (Å²) >= 11 is 0. The van der Waals surface area contributed by atoms with Crippen LogP contribution in [0.4, 0.5) is 0 Å². The van der Waals surface area contributed by atoms with Gasteiger partial charge in [0.05, 0.1) is 13.2 Å². The molecular weight excluding hydrogens is 230 g/mol. The van der Waals surface area contributed by atoms with E-state index in [4.69, 9.17) is 6.42 Å². The number of aliphatic hydroxyl groups is 2. The van der Waals surface area contributed by atoms with E-state index in [1.54, 1.807) is 0 Å². The Kier molecular flexibility index (Phi) is 6.17. The number of terminal acetylenes is 1. The average molecular weight is 253 g/mol. The third-order valence-corrected chi connectivity index (χ3v) is 3.81. The zero-order valence-corrected chi connectivity index (χ0v) is 10.9. The van der Waals surface area contributed by atoms with Gasteiger partial charge in [-0.15, -0.1) is 12.3 Å². The van der Waals surface area contributed by atoms with Crippen LogP contribution in [0.1, 0.15) is 38.5 Å². The monoisotopic (exact) mass is 253 g/mol. The van der Waals surface area contributed by atoms with Crippen LogP contribution in [-0.4, -0.2) is 47.3 Å². The van der Waals surface area contributed by atoms with Crippen LogP contribution in [-0.2, 0) is 4.79 Å². The Morgan fingerprint density at radius 3 is 2.33 bits per heavy atom. The molecule has 1 heterocycles. The number of rotatable bonds is 6. The van der Waals surface area contributed by atoms with Gasteiger partial charge in [0.15, 0.2) is 0 Å². The Morgan fingerprint density at radius 1 is 1.22 bits per heavy atom. The van der Waals surface area contributed by atoms with Crippen LogP contribution in [0.3, 0.4) is 0 Å². The first-order valence-corrected chi connectivity index (χ1v) is 6.60. The molecule has 4 nitrogen and oxygen atoms in total. The minimum absolute atomic E-state index is 0.00625. The summed E-state index contributed by atoms with van der Waals surface area (Å²) in [6, 6.07) is 0. The smallest absolute Gasteiger partial charge is 0.222 e. The zero-order chi connectivity index (χ0) is 13.4. The second-order valence-electron chi connectivity index (χ2n) is 5.11. The Morgan fingerprint density at radius 2 is 1.83 bits per heavy atom. The van der Waals surface area contributed by atoms with Crippen molar-refractivity contribution < 1.29 is 15.0 Å². The lowest BCUT2D eigenvalue weighted by Crippen LogP contribution is -2.46. The largest absolute Gasteiger partial charge is 0.396 e. The van der Waals surface area contributed by atoms with Gasteiger partial charge in [0.1, 0.15) is 0 Å². The number of nitrogens with zero attached hydrogens (tertiary/aromatic N) is 1. The molecule has 0 saturated carbocycles. The zero-order valence-electron chi connectivity index (χ0n) is 10.9. The highest BCUT2D eigenvalue weighted by atomic mass is 16.3. The molecule has 0 unspecified atom stereocenters. The van der Waals surface area contributed by atoms with E-state index in [1.807, 2.05) is 4.90 Å². The van der Waals surface area contributed by atoms with Crippen LogP contribution in [0.5, 0.6) is 0 Å². The summed E-state index contributed by atoms with van der Waals surface area (Å²) in [4.78, 5) is 13.7. The van der Waals surface area contributed by atoms with Crippen LogP contribution in [0.2, 0.25) is 0 Å². The fraction of sp³-hybridized carbons (Fsp3) is 0.786. The Bertz CT molecular complexity index is 295. The molecule has 0 radical (unpaired) electrons. The first-order chi connectivity index (χ1) is 8.67. The maximum absolute atomic E-state index is 11.9. The molecule has 1 aliphatic heterocycles. The van der Waals surface area contributed by atoms with Crippen LogP contribution in [0.25, 0.3) is 0 Å². The van der Waals surface area contributed by atoms with Gasteiger partial charge in [-0.25, -0.2) is 0 Å². The number of likely N-dealkylation sites (tertiary alicyclic amines) is 1. The highest BCUT2D eigenvalue weighted by Gasteiger charge is 2.34. The predicted octanol–water partition coefficient (Wildman–Crippen LogP) is 0.773. The molecular formula is C14H23NO3. The van der Waals surface area contributed by atoms with Gasteiger partial charge < -0.3 is 15.1 Å². The Balaban J connectivity index is 2.30. The minimum atomic E-state index is -0.389. The van der Waals surface area contributed by atoms with Crippen LogP contribution < -0.4 is 0 Å². The predicted molar refractivity (Wildman–Crippen MR) is 69.7 cm³/mol. The van der Waals surface area contributed by atoms with Crippen molar-refractivity contribution in [3.8, 4) is 12.3 Å². The van der Waals surface area contributed by atoms with Gasteiger partial charge >= 0.3 is 0 Å². The second kappa shape index (κ2) is 7.40. The molecule has 1 fully saturated rings. The number of amides is 1. The van der Waals surface area contributed by atoms with Gasteiger partial charge in [-0.3, -0.25) is 4.79 Å². The molecule has 18 heavy (non-hydrogen) atoms. The number of aliphatic hydroxyl groups excluding tert-OH is 2. The van der Waals surface area contributed by atoms with Crippen molar-refractivity contribution in [3.05, 3.63) is 0 Å². The van der Waals surface area contributed by atoms with Crippen molar-refractivity contribution in [3.63, 3.8) is 0 Å². The molecule has 1 rings (SSSR count). The third-order valence-electron chi connectivity index (χ3n) is 3.81. The van der Waals surface area contributed by atoms with E-state index in [1.165, 1.54) is 0 Å². The van der Waals surface area contributed by atoms with Crippen molar-refractivity contribution >= 4 is 5.91 Å². The van der Waals surface area contributed by atoms with Gasteiger partial charge in [0, 0.05) is 31.3 Å². The summed E-state index contributed by atoms with van der Waals surface area (Å²) in [5.41, 5.74) is -0.389. The molecule has 0 aromatic rings. The Hall–Kier alpha value is -1.05. The molecule has 4 heteroatoms. The molecule has 2 N–H and O–H groups in total. The van der Waals surface area contributed by atoms with Crippen molar-refractivity contribution in [2.75, 3.05) is 26.3 Å². The molecule has 0 aromatic carbocycles. The van der Waals surface area contributed by atoms with E-state index < -0.39 is 0 Å². The summed E-state index contributed by atoms with van der Waals surface area (Å²) in [6.07, 6.45) is 9.52. The molecule has 0 aromatic heterocycles. The van der Waals surface area contributed by atoms with Gasteiger partial charge in [-0.05, 0) is 25.7 Å². The number of carbonyl (C=O) groups is 1. The molecule has 1 saturated heterocycles. The topological polar surface area (TPSA) is 60.8 Å². The summed E-state index contributed by atoms with van der Waals surface area (Å²) in [5.74, 6) is 2.73. The van der Waals surface area contributed by atoms with Gasteiger partial charge in [-0.2, -0.15) is 0 Å². The lowest BCUT2D eigenvalue weighted by molar-refractivity contribution is -0.134. The molecule has 1 aliphatic rings. The number of carbonyl (C=O) groups excluding carboxylic acids is 1. The van der Waals surface area contributed by atoms with Gasteiger partial charge in [0.25, 0.3) is 0 Å². The summed E-state index contributed by atoms with van der Waals surface area (Å²) in [6.45, 7) is 1.26. The molecule has 0 bridgehead atoms. The fourth-order valence-corrected chi connectivity index (χ4v) is 2.26. The second-order valence-corrected chi connectivity index (χ2v) is 5.11. The summed E-state index contributed by atoms with van der Waals surface area (Å²) in [5, 5.41) is 18.6. The standard InChI is InChI=1S/C14H23NO3/c1-2-3-4-5-6-13(18)15-9-7-14(11-16,12-17)8-10-15/h1,16-17H,3-12H2. The highest BCUT2D eigenvalue weighted by Crippen LogP contribution is 2.30. The van der Waals surface area contributed by atoms with Crippen molar-refractivity contribution in [2.45, 2.75) is 38.5 Å². The van der Waals surface area contributed by atoms with E-state index in [9.17, 15) is 15.0 Å². The van der Waals surface area contributed by atoms with E-state index in [0.29, 0.717) is 32.4 Å². The van der Waals surface area contributed by atoms with E-state index >= 15 is 0 Å². The summed E-state index contributed by atoms with van der Waals surface area (Å²) in [7, 11) is 0. The van der Waals surface area contributed by atoms with Crippen LogP contribution in [0.15, 0.2) is 0 Å². The number of hydrogen-bond acceptors (Lipinski definition) is 3. The third kappa shape index (κ3) is 4.01. The molecule has 1 amide bonds. The van der Waals surface area contributed by atoms with Gasteiger partial charge in [-0.1, -0.05) is 0 Å². The first-order valence-electron chi connectivity index (χ1n) is 6.60. The lowest BCUT2D eigenvalue weighted by atomic mass is 9.80. The Labute approximate surface area is 109 Å². The van der Waals surface area contributed by atoms with Crippen molar-refractivity contribution in [2.24, 2.45) is 5.41 Å². The first kappa shape index (κ1) is 15.0. The SMILES string of the molecule is C#CCCCCC(=O)N1CCC(CO)(CO)CC1.